The lowest BCUT2D eigenvalue weighted by Gasteiger charge is -2.35. The molecule has 1 amide bonds. The molecule has 0 radical (unpaired) electrons. The van der Waals surface area contributed by atoms with Crippen LogP contribution in [0.4, 0.5) is 4.39 Å². The molecule has 0 unspecified atom stereocenters. The molecule has 0 fully saturated rings. The Balaban J connectivity index is 1.73. The molecule has 1 heterocycles. The van der Waals surface area contributed by atoms with Gasteiger partial charge in [0, 0.05) is 13.0 Å². The standard InChI is InChI=1S/C20H18FNO5/c1-26-20(25)17-10-13-6-2-3-7-14(13)11-22(17)18(23)12-27-19(24)15-8-4-5-9-16(15)21/h2-9,17H,10-12H2,1H3/t17-/m0/s1. The minimum absolute atomic E-state index is 0.200. The summed E-state index contributed by atoms with van der Waals surface area (Å²) in [6.07, 6.45) is 0.315. The fraction of sp³-hybridized carbons (Fsp3) is 0.250. The van der Waals surface area contributed by atoms with Crippen molar-refractivity contribution < 1.29 is 28.2 Å². The van der Waals surface area contributed by atoms with E-state index < -0.39 is 36.3 Å². The Hall–Kier alpha value is -3.22. The molecule has 0 saturated carbocycles. The van der Waals surface area contributed by atoms with Crippen LogP contribution < -0.4 is 0 Å². The van der Waals surface area contributed by atoms with Gasteiger partial charge in [0.1, 0.15) is 11.9 Å². The van der Waals surface area contributed by atoms with Gasteiger partial charge in [-0.2, -0.15) is 0 Å². The van der Waals surface area contributed by atoms with Crippen LogP contribution in [0.15, 0.2) is 48.5 Å². The number of nitrogens with zero attached hydrogens (tertiary/aromatic N) is 1. The van der Waals surface area contributed by atoms with Crippen molar-refractivity contribution in [3.8, 4) is 0 Å². The first kappa shape index (κ1) is 18.6. The van der Waals surface area contributed by atoms with Crippen molar-refractivity contribution >= 4 is 17.8 Å². The first-order valence-corrected chi connectivity index (χ1v) is 8.37. The van der Waals surface area contributed by atoms with Gasteiger partial charge in [0.05, 0.1) is 12.7 Å². The van der Waals surface area contributed by atoms with Crippen LogP contribution in [0.25, 0.3) is 0 Å². The molecule has 0 N–H and O–H groups in total. The van der Waals surface area contributed by atoms with Crippen molar-refractivity contribution in [2.75, 3.05) is 13.7 Å². The molecule has 1 aliphatic heterocycles. The van der Waals surface area contributed by atoms with Crippen molar-refractivity contribution in [3.05, 3.63) is 71.0 Å². The Labute approximate surface area is 155 Å². The van der Waals surface area contributed by atoms with Gasteiger partial charge < -0.3 is 14.4 Å². The molecule has 0 bridgehead atoms. The number of esters is 2. The van der Waals surface area contributed by atoms with Crippen LogP contribution in [0.3, 0.4) is 0 Å². The first-order chi connectivity index (χ1) is 13.0. The van der Waals surface area contributed by atoms with Crippen LogP contribution in [-0.4, -0.2) is 42.5 Å². The molecule has 0 aromatic heterocycles. The van der Waals surface area contributed by atoms with E-state index in [0.29, 0.717) is 6.42 Å². The number of carbonyl (C=O) groups is 3. The number of fused-ring (bicyclic) bond motifs is 1. The lowest BCUT2D eigenvalue weighted by Crippen LogP contribution is -2.50. The fourth-order valence-corrected chi connectivity index (χ4v) is 3.05. The van der Waals surface area contributed by atoms with E-state index in [1.54, 1.807) is 0 Å². The Morgan fingerprint density at radius 3 is 2.44 bits per heavy atom. The maximum atomic E-state index is 13.6. The molecule has 0 saturated heterocycles. The molecule has 2 aromatic carbocycles. The number of hydrogen-bond donors (Lipinski definition) is 0. The topological polar surface area (TPSA) is 72.9 Å². The molecule has 1 aliphatic rings. The summed E-state index contributed by atoms with van der Waals surface area (Å²) in [5.74, 6) is -2.76. The van der Waals surface area contributed by atoms with Gasteiger partial charge in [-0.25, -0.2) is 14.0 Å². The molecular formula is C20H18FNO5. The van der Waals surface area contributed by atoms with Crippen LogP contribution >= 0.6 is 0 Å². The highest BCUT2D eigenvalue weighted by Crippen LogP contribution is 2.24. The molecule has 140 valence electrons. The summed E-state index contributed by atoms with van der Waals surface area (Å²) >= 11 is 0. The second-order valence-electron chi connectivity index (χ2n) is 6.09. The molecule has 2 aromatic rings. The molecule has 1 atom stereocenters. The zero-order chi connectivity index (χ0) is 19.4. The van der Waals surface area contributed by atoms with Crippen LogP contribution in [0.2, 0.25) is 0 Å². The first-order valence-electron chi connectivity index (χ1n) is 8.37. The van der Waals surface area contributed by atoms with Crippen molar-refractivity contribution in [2.45, 2.75) is 19.0 Å². The maximum Gasteiger partial charge on any atom is 0.341 e. The van der Waals surface area contributed by atoms with Crippen LogP contribution in [0.5, 0.6) is 0 Å². The van der Waals surface area contributed by atoms with Gasteiger partial charge in [-0.1, -0.05) is 36.4 Å². The molecule has 7 heteroatoms. The molecule has 0 aliphatic carbocycles. The van der Waals surface area contributed by atoms with Gasteiger partial charge in [0.15, 0.2) is 6.61 Å². The van der Waals surface area contributed by atoms with Gasteiger partial charge in [-0.3, -0.25) is 4.79 Å². The third-order valence-electron chi connectivity index (χ3n) is 4.46. The average molecular weight is 371 g/mol. The van der Waals surface area contributed by atoms with E-state index >= 15 is 0 Å². The molecule has 6 nitrogen and oxygen atoms in total. The highest BCUT2D eigenvalue weighted by atomic mass is 19.1. The van der Waals surface area contributed by atoms with Gasteiger partial charge in [-0.05, 0) is 23.3 Å². The van der Waals surface area contributed by atoms with Crippen molar-refractivity contribution in [3.63, 3.8) is 0 Å². The maximum absolute atomic E-state index is 13.6. The predicted molar refractivity (Wildman–Crippen MR) is 93.2 cm³/mol. The summed E-state index contributed by atoms with van der Waals surface area (Å²) in [4.78, 5) is 38.0. The molecule has 27 heavy (non-hydrogen) atoms. The second-order valence-corrected chi connectivity index (χ2v) is 6.09. The van der Waals surface area contributed by atoms with Crippen LogP contribution in [-0.2, 0) is 32.0 Å². The van der Waals surface area contributed by atoms with E-state index in [1.165, 1.54) is 30.2 Å². The van der Waals surface area contributed by atoms with Gasteiger partial charge >= 0.3 is 11.9 Å². The minimum Gasteiger partial charge on any atom is -0.467 e. The normalized spacial score (nSPS) is 15.6. The van der Waals surface area contributed by atoms with Gasteiger partial charge in [0.2, 0.25) is 0 Å². The zero-order valence-corrected chi connectivity index (χ0v) is 14.7. The van der Waals surface area contributed by atoms with E-state index in [9.17, 15) is 18.8 Å². The van der Waals surface area contributed by atoms with Crippen molar-refractivity contribution in [1.82, 2.24) is 4.90 Å². The Bertz CT molecular complexity index is 882. The summed E-state index contributed by atoms with van der Waals surface area (Å²) in [6, 6.07) is 12.0. The number of methoxy groups -OCH3 is 1. The van der Waals surface area contributed by atoms with E-state index in [2.05, 4.69) is 0 Å². The van der Waals surface area contributed by atoms with Crippen LogP contribution in [0, 0.1) is 5.82 Å². The number of halogens is 1. The number of amides is 1. The van der Waals surface area contributed by atoms with Crippen LogP contribution in [0.1, 0.15) is 21.5 Å². The summed E-state index contributed by atoms with van der Waals surface area (Å²) in [6.45, 7) is -0.394. The zero-order valence-electron chi connectivity index (χ0n) is 14.7. The van der Waals surface area contributed by atoms with Gasteiger partial charge in [-0.15, -0.1) is 0 Å². The highest BCUT2D eigenvalue weighted by Gasteiger charge is 2.35. The number of ether oxygens (including phenoxy) is 2. The average Bonchev–Trinajstić information content (AvgIpc) is 2.70. The minimum atomic E-state index is -0.937. The molecular weight excluding hydrogens is 353 g/mol. The molecule has 3 rings (SSSR count). The van der Waals surface area contributed by atoms with E-state index in [1.807, 2.05) is 24.3 Å². The SMILES string of the molecule is COC(=O)[C@@H]1Cc2ccccc2CN1C(=O)COC(=O)c1ccccc1F. The summed E-state index contributed by atoms with van der Waals surface area (Å²) in [7, 11) is 1.25. The quantitative estimate of drug-likeness (QED) is 0.770. The third-order valence-corrected chi connectivity index (χ3v) is 4.46. The summed E-state index contributed by atoms with van der Waals surface area (Å²) in [5, 5.41) is 0. The number of carbonyl (C=O) groups excluding carboxylic acids is 3. The Morgan fingerprint density at radius 1 is 1.07 bits per heavy atom. The molecule has 0 spiro atoms. The number of rotatable bonds is 4. The summed E-state index contributed by atoms with van der Waals surface area (Å²) < 4.78 is 23.4. The van der Waals surface area contributed by atoms with E-state index in [-0.39, 0.29) is 12.1 Å². The largest absolute Gasteiger partial charge is 0.467 e. The monoisotopic (exact) mass is 371 g/mol. The van der Waals surface area contributed by atoms with Crippen molar-refractivity contribution in [1.29, 1.82) is 0 Å². The predicted octanol–water partition coefficient (Wildman–Crippen LogP) is 2.11. The number of hydrogen-bond acceptors (Lipinski definition) is 5. The Morgan fingerprint density at radius 2 is 1.74 bits per heavy atom. The third kappa shape index (κ3) is 3.97. The highest BCUT2D eigenvalue weighted by molar-refractivity contribution is 5.92. The van der Waals surface area contributed by atoms with E-state index in [4.69, 9.17) is 9.47 Å². The second kappa shape index (κ2) is 7.99. The van der Waals surface area contributed by atoms with Gasteiger partial charge in [0.25, 0.3) is 5.91 Å². The smallest absolute Gasteiger partial charge is 0.341 e. The lowest BCUT2D eigenvalue weighted by atomic mass is 9.94. The fourth-order valence-electron chi connectivity index (χ4n) is 3.05. The lowest BCUT2D eigenvalue weighted by molar-refractivity contribution is -0.155. The van der Waals surface area contributed by atoms with E-state index in [0.717, 1.165) is 17.2 Å². The summed E-state index contributed by atoms with van der Waals surface area (Å²) in [5.41, 5.74) is 1.62. The Kier molecular flexibility index (Phi) is 5.49. The number of benzene rings is 2. The van der Waals surface area contributed by atoms with Crippen molar-refractivity contribution in [2.24, 2.45) is 0 Å².